The second-order valence-corrected chi connectivity index (χ2v) is 8.51. The number of sulfone groups is 1. The maximum absolute atomic E-state index is 12.5. The molecule has 0 radical (unpaired) electrons. The van der Waals surface area contributed by atoms with Crippen molar-refractivity contribution in [3.8, 4) is 11.8 Å². The van der Waals surface area contributed by atoms with Crippen LogP contribution in [0.25, 0.3) is 0 Å². The van der Waals surface area contributed by atoms with Crippen LogP contribution in [0.1, 0.15) is 15.9 Å². The number of methoxy groups -OCH3 is 1. The van der Waals surface area contributed by atoms with Gasteiger partial charge in [-0.25, -0.2) is 18.4 Å². The van der Waals surface area contributed by atoms with Crippen molar-refractivity contribution in [2.45, 2.75) is 11.8 Å². The molecule has 0 saturated heterocycles. The average molecular weight is 427 g/mol. The largest absolute Gasteiger partial charge is 0.424 e. The number of ether oxygens (including phenoxy) is 2. The van der Waals surface area contributed by atoms with Crippen molar-refractivity contribution in [2.24, 2.45) is 0 Å². The van der Waals surface area contributed by atoms with Crippen molar-refractivity contribution in [1.29, 1.82) is 0 Å². The number of carbonyl (C=O) groups is 1. The van der Waals surface area contributed by atoms with E-state index in [0.717, 1.165) is 5.56 Å². The molecule has 1 heterocycles. The lowest BCUT2D eigenvalue weighted by Crippen LogP contribution is -2.14. The Kier molecular flexibility index (Phi) is 6.76. The van der Waals surface area contributed by atoms with Crippen molar-refractivity contribution < 1.29 is 22.7 Å². The smallest absolute Gasteiger partial charge is 0.321 e. The number of carbonyl (C=O) groups excluding carboxylic acids is 1. The first-order valence-electron chi connectivity index (χ1n) is 9.08. The molecule has 8 nitrogen and oxygen atoms in total. The first kappa shape index (κ1) is 21.4. The molecule has 0 saturated carbocycles. The molecule has 0 spiro atoms. The highest BCUT2D eigenvalue weighted by Gasteiger charge is 2.15. The van der Waals surface area contributed by atoms with Crippen molar-refractivity contribution in [3.05, 3.63) is 72.1 Å². The van der Waals surface area contributed by atoms with Crippen LogP contribution in [0.2, 0.25) is 0 Å². The molecule has 0 aliphatic rings. The minimum Gasteiger partial charge on any atom is -0.424 e. The molecule has 2 aromatic carbocycles. The third kappa shape index (κ3) is 5.40. The molecule has 3 aromatic rings. The fraction of sp³-hybridized carbons (Fsp3) is 0.190. The number of nitrogens with zero attached hydrogens (tertiary/aromatic N) is 2. The van der Waals surface area contributed by atoms with Crippen LogP contribution < -0.4 is 10.1 Å². The molecule has 1 aromatic heterocycles. The summed E-state index contributed by atoms with van der Waals surface area (Å²) in [7, 11) is -2.00. The van der Waals surface area contributed by atoms with Crippen LogP contribution in [0, 0.1) is 6.92 Å². The summed E-state index contributed by atoms with van der Waals surface area (Å²) in [4.78, 5) is 20.7. The second-order valence-electron chi connectivity index (χ2n) is 6.40. The molecule has 9 heteroatoms. The summed E-state index contributed by atoms with van der Waals surface area (Å²) in [5, 5.41) is 2.81. The number of benzene rings is 2. The van der Waals surface area contributed by atoms with Gasteiger partial charge in [0.25, 0.3) is 5.91 Å². The lowest BCUT2D eigenvalue weighted by molar-refractivity contribution is 0.102. The maximum atomic E-state index is 12.5. The molecular weight excluding hydrogens is 406 g/mol. The van der Waals surface area contributed by atoms with Gasteiger partial charge in [0.2, 0.25) is 0 Å². The Balaban J connectivity index is 1.68. The molecular formula is C21H21N3O5S. The fourth-order valence-electron chi connectivity index (χ4n) is 2.60. The highest BCUT2D eigenvalue weighted by Crippen LogP contribution is 2.24. The lowest BCUT2D eigenvalue weighted by atomic mass is 10.1. The quantitative estimate of drug-likeness (QED) is 0.588. The Labute approximate surface area is 174 Å². The predicted octanol–water partition coefficient (Wildman–Crippen LogP) is 3.25. The predicted molar refractivity (Wildman–Crippen MR) is 112 cm³/mol. The van der Waals surface area contributed by atoms with Crippen LogP contribution in [0.3, 0.4) is 0 Å². The monoisotopic (exact) mass is 427 g/mol. The molecule has 1 amide bonds. The van der Waals surface area contributed by atoms with Gasteiger partial charge in [-0.15, -0.1) is 0 Å². The van der Waals surface area contributed by atoms with Gasteiger partial charge in [-0.3, -0.25) is 4.79 Å². The topological polar surface area (TPSA) is 107 Å². The van der Waals surface area contributed by atoms with Gasteiger partial charge in [-0.05, 0) is 61.0 Å². The zero-order chi connectivity index (χ0) is 21.6. The Hall–Kier alpha value is -3.30. The molecule has 0 bridgehead atoms. The van der Waals surface area contributed by atoms with E-state index >= 15 is 0 Å². The van der Waals surface area contributed by atoms with Crippen LogP contribution in [0.15, 0.2) is 65.8 Å². The van der Waals surface area contributed by atoms with E-state index in [9.17, 15) is 13.2 Å². The Morgan fingerprint density at radius 3 is 2.40 bits per heavy atom. The highest BCUT2D eigenvalue weighted by molar-refractivity contribution is 7.91. The number of hydrogen-bond acceptors (Lipinski definition) is 7. The summed E-state index contributed by atoms with van der Waals surface area (Å²) in [5.74, 6) is 0.0813. The van der Waals surface area contributed by atoms with E-state index in [1.807, 2.05) is 6.92 Å². The summed E-state index contributed by atoms with van der Waals surface area (Å²) in [6.07, 6.45) is 3.16. The standard InChI is InChI=1S/C21H21N3O5S/c1-15-14-17(29-21-22-10-3-11-23-21)6-9-19(15)24-20(25)16-4-7-18(8-5-16)30(26,27)13-12-28-2/h3-11,14H,12-13H2,1-2H3,(H,24,25). The molecule has 0 atom stereocenters. The van der Waals surface area contributed by atoms with Crippen LogP contribution in [0.4, 0.5) is 5.69 Å². The van der Waals surface area contributed by atoms with Crippen LogP contribution in [0.5, 0.6) is 11.8 Å². The molecule has 156 valence electrons. The first-order chi connectivity index (χ1) is 14.4. The minimum absolute atomic E-state index is 0.111. The molecule has 3 rings (SSSR count). The van der Waals surface area contributed by atoms with E-state index in [0.29, 0.717) is 17.0 Å². The molecule has 0 aliphatic heterocycles. The molecule has 0 fully saturated rings. The number of nitrogens with one attached hydrogen (secondary N) is 1. The Bertz CT molecular complexity index is 1120. The van der Waals surface area contributed by atoms with Crippen molar-refractivity contribution >= 4 is 21.4 Å². The maximum Gasteiger partial charge on any atom is 0.321 e. The first-order valence-corrected chi connectivity index (χ1v) is 10.7. The van der Waals surface area contributed by atoms with E-state index < -0.39 is 9.84 Å². The molecule has 1 N–H and O–H groups in total. The van der Waals surface area contributed by atoms with E-state index in [-0.39, 0.29) is 29.2 Å². The number of anilines is 1. The third-order valence-corrected chi connectivity index (χ3v) is 5.92. The van der Waals surface area contributed by atoms with Crippen molar-refractivity contribution in [2.75, 3.05) is 24.8 Å². The summed E-state index contributed by atoms with van der Waals surface area (Å²) < 4.78 is 34.7. The minimum atomic E-state index is -3.44. The lowest BCUT2D eigenvalue weighted by Gasteiger charge is -2.11. The number of aryl methyl sites for hydroxylation is 1. The highest BCUT2D eigenvalue weighted by atomic mass is 32.2. The van der Waals surface area contributed by atoms with Crippen LogP contribution in [-0.2, 0) is 14.6 Å². The van der Waals surface area contributed by atoms with Gasteiger partial charge in [0.15, 0.2) is 9.84 Å². The van der Waals surface area contributed by atoms with E-state index in [1.54, 1.807) is 36.7 Å². The van der Waals surface area contributed by atoms with Gasteiger partial charge in [0.1, 0.15) is 5.75 Å². The van der Waals surface area contributed by atoms with E-state index in [1.165, 1.54) is 31.4 Å². The molecule has 30 heavy (non-hydrogen) atoms. The van der Waals surface area contributed by atoms with E-state index in [4.69, 9.17) is 9.47 Å². The van der Waals surface area contributed by atoms with Crippen molar-refractivity contribution in [1.82, 2.24) is 9.97 Å². The number of aromatic nitrogens is 2. The third-order valence-electron chi connectivity index (χ3n) is 4.23. The summed E-state index contributed by atoms with van der Waals surface area (Å²) in [5.41, 5.74) is 1.74. The van der Waals surface area contributed by atoms with E-state index in [2.05, 4.69) is 15.3 Å². The molecule has 0 unspecified atom stereocenters. The van der Waals surface area contributed by atoms with Gasteiger partial charge in [0.05, 0.1) is 17.3 Å². The molecule has 0 aliphatic carbocycles. The number of rotatable bonds is 8. The van der Waals surface area contributed by atoms with Gasteiger partial charge < -0.3 is 14.8 Å². The van der Waals surface area contributed by atoms with Crippen molar-refractivity contribution in [3.63, 3.8) is 0 Å². The summed E-state index contributed by atoms with van der Waals surface area (Å²) in [6.45, 7) is 1.94. The normalized spacial score (nSPS) is 11.1. The zero-order valence-electron chi connectivity index (χ0n) is 16.5. The van der Waals surface area contributed by atoms with Crippen LogP contribution >= 0.6 is 0 Å². The SMILES string of the molecule is COCCS(=O)(=O)c1ccc(C(=O)Nc2ccc(Oc3ncccn3)cc2C)cc1. The van der Waals surface area contributed by atoms with Gasteiger partial charge in [-0.2, -0.15) is 0 Å². The van der Waals surface area contributed by atoms with Gasteiger partial charge >= 0.3 is 6.01 Å². The van der Waals surface area contributed by atoms with Crippen LogP contribution in [-0.4, -0.2) is 43.8 Å². The fourth-order valence-corrected chi connectivity index (χ4v) is 3.77. The average Bonchev–Trinajstić information content (AvgIpc) is 2.75. The summed E-state index contributed by atoms with van der Waals surface area (Å²) in [6, 6.07) is 12.9. The summed E-state index contributed by atoms with van der Waals surface area (Å²) >= 11 is 0. The zero-order valence-corrected chi connectivity index (χ0v) is 17.3. The number of amides is 1. The Morgan fingerprint density at radius 2 is 1.77 bits per heavy atom. The second kappa shape index (κ2) is 9.47. The number of hydrogen-bond donors (Lipinski definition) is 1. The van der Waals surface area contributed by atoms with Gasteiger partial charge in [0, 0.05) is 30.8 Å². The Morgan fingerprint density at radius 1 is 1.07 bits per heavy atom. The van der Waals surface area contributed by atoms with Gasteiger partial charge in [-0.1, -0.05) is 0 Å².